The summed E-state index contributed by atoms with van der Waals surface area (Å²) in [7, 11) is 3.52. The van der Waals surface area contributed by atoms with Crippen molar-refractivity contribution in [2.45, 2.75) is 31.5 Å². The predicted molar refractivity (Wildman–Crippen MR) is 148 cm³/mol. The Morgan fingerprint density at radius 2 is 1.97 bits per heavy atom. The van der Waals surface area contributed by atoms with Crippen LogP contribution in [0.3, 0.4) is 0 Å². The molecule has 2 aromatic heterocycles. The van der Waals surface area contributed by atoms with Crippen molar-refractivity contribution in [1.29, 1.82) is 0 Å². The normalized spacial score (nSPS) is 19.5. The summed E-state index contributed by atoms with van der Waals surface area (Å²) in [5, 5.41) is 7.92. The van der Waals surface area contributed by atoms with E-state index in [1.807, 2.05) is 13.1 Å². The van der Waals surface area contributed by atoms with Crippen LogP contribution in [0.15, 0.2) is 24.3 Å². The Morgan fingerprint density at radius 3 is 2.76 bits per heavy atom. The fourth-order valence-corrected chi connectivity index (χ4v) is 6.11. The molecule has 0 aliphatic carbocycles. The number of methoxy groups -OCH3 is 1. The van der Waals surface area contributed by atoms with Gasteiger partial charge in [-0.3, -0.25) is 14.4 Å². The molecular formula is C25H30Cl2N6O4S. The Kier molecular flexibility index (Phi) is 8.94. The molecule has 4 heterocycles. The summed E-state index contributed by atoms with van der Waals surface area (Å²) in [6, 6.07) is 6.25. The molecule has 0 radical (unpaired) electrons. The van der Waals surface area contributed by atoms with E-state index in [1.165, 1.54) is 18.4 Å². The van der Waals surface area contributed by atoms with Gasteiger partial charge in [0.15, 0.2) is 5.01 Å². The van der Waals surface area contributed by atoms with Gasteiger partial charge in [0.25, 0.3) is 11.8 Å². The number of nitrogens with zero attached hydrogens (tertiary/aromatic N) is 3. The minimum Gasteiger partial charge on any atom is -0.375 e. The summed E-state index contributed by atoms with van der Waals surface area (Å²) in [5.74, 6) is -0.750. The summed E-state index contributed by atoms with van der Waals surface area (Å²) < 4.78 is 5.01. The Hall–Kier alpha value is -2.70. The van der Waals surface area contributed by atoms with Crippen molar-refractivity contribution >= 4 is 64.0 Å². The van der Waals surface area contributed by atoms with Gasteiger partial charge in [-0.25, -0.2) is 4.98 Å². The highest BCUT2D eigenvalue weighted by molar-refractivity contribution is 7.13. The van der Waals surface area contributed by atoms with Crippen LogP contribution < -0.4 is 10.6 Å². The number of fused-ring (bicyclic) bond motifs is 2. The number of nitrogens with one attached hydrogen (secondary N) is 3. The van der Waals surface area contributed by atoms with Gasteiger partial charge in [-0.1, -0.05) is 11.6 Å². The second-order valence-electron chi connectivity index (χ2n) is 9.51. The third-order valence-electron chi connectivity index (χ3n) is 6.81. The second-order valence-corrected chi connectivity index (χ2v) is 11.0. The third-order valence-corrected chi connectivity index (χ3v) is 8.13. The van der Waals surface area contributed by atoms with Gasteiger partial charge in [-0.05, 0) is 37.7 Å². The molecule has 0 saturated carbocycles. The number of carbonyl (C=O) groups excluding carboxylic acids is 3. The van der Waals surface area contributed by atoms with Crippen LogP contribution in [-0.4, -0.2) is 90.0 Å². The van der Waals surface area contributed by atoms with Gasteiger partial charge >= 0.3 is 0 Å². The topological polar surface area (TPSA) is 120 Å². The minimum absolute atomic E-state index is 0. The molecule has 204 valence electrons. The van der Waals surface area contributed by atoms with Crippen molar-refractivity contribution in [3.8, 4) is 0 Å². The number of H-pyrrole nitrogens is 1. The lowest BCUT2D eigenvalue weighted by Crippen LogP contribution is -2.61. The molecule has 38 heavy (non-hydrogen) atoms. The zero-order chi connectivity index (χ0) is 26.1. The summed E-state index contributed by atoms with van der Waals surface area (Å²) in [6.45, 7) is 2.35. The molecule has 3 N–H and O–H groups in total. The summed E-state index contributed by atoms with van der Waals surface area (Å²) >= 11 is 7.48. The van der Waals surface area contributed by atoms with E-state index in [2.05, 4.69) is 25.5 Å². The summed E-state index contributed by atoms with van der Waals surface area (Å²) in [6.07, 6.45) is 1.30. The van der Waals surface area contributed by atoms with Crippen molar-refractivity contribution in [1.82, 2.24) is 30.4 Å². The smallest absolute Gasteiger partial charge is 0.280 e. The number of amides is 3. The largest absolute Gasteiger partial charge is 0.375 e. The van der Waals surface area contributed by atoms with E-state index in [4.69, 9.17) is 16.3 Å². The molecule has 0 spiro atoms. The van der Waals surface area contributed by atoms with E-state index in [0.29, 0.717) is 28.7 Å². The van der Waals surface area contributed by atoms with Crippen molar-refractivity contribution in [3.63, 3.8) is 0 Å². The number of halogens is 2. The summed E-state index contributed by atoms with van der Waals surface area (Å²) in [5.41, 5.74) is 2.17. The third kappa shape index (κ3) is 6.13. The first-order valence-electron chi connectivity index (χ1n) is 12.1. The van der Waals surface area contributed by atoms with Gasteiger partial charge in [0.1, 0.15) is 12.3 Å². The zero-order valence-corrected chi connectivity index (χ0v) is 23.5. The van der Waals surface area contributed by atoms with Gasteiger partial charge in [0.05, 0.1) is 17.8 Å². The van der Waals surface area contributed by atoms with Crippen LogP contribution in [0.4, 0.5) is 0 Å². The van der Waals surface area contributed by atoms with Gasteiger partial charge in [0, 0.05) is 60.5 Å². The number of carbonyl (C=O) groups is 3. The zero-order valence-electron chi connectivity index (χ0n) is 21.1. The van der Waals surface area contributed by atoms with Crippen LogP contribution in [0.25, 0.3) is 10.9 Å². The number of aromatic nitrogens is 2. The van der Waals surface area contributed by atoms with Crippen LogP contribution in [0.2, 0.25) is 5.02 Å². The monoisotopic (exact) mass is 580 g/mol. The average Bonchev–Trinajstić information content (AvgIpc) is 3.49. The summed E-state index contributed by atoms with van der Waals surface area (Å²) in [4.78, 5) is 51.5. The fourth-order valence-electron chi connectivity index (χ4n) is 4.83. The maximum absolute atomic E-state index is 13.2. The standard InChI is InChI=1S/C25H29ClN6O4S.ClH/c1-31-7-5-18-21(12-31)37-25(30-18)24(35)29-20-11-32(22(33)13-36-2)8-6-17(20)28-23(34)19-10-14-9-15(26)3-4-16(14)27-19;/h3-4,9-10,17,20,27H,5-8,11-13H2,1-2H3,(H,28,34)(H,29,35);1H. The van der Waals surface area contributed by atoms with Crippen LogP contribution in [0.1, 0.15) is 37.3 Å². The van der Waals surface area contributed by atoms with Gasteiger partial charge in [0.2, 0.25) is 5.91 Å². The van der Waals surface area contributed by atoms with Crippen molar-refractivity contribution < 1.29 is 19.1 Å². The van der Waals surface area contributed by atoms with E-state index >= 15 is 0 Å². The Morgan fingerprint density at radius 1 is 1.18 bits per heavy atom. The van der Waals surface area contributed by atoms with Crippen LogP contribution in [0, 0.1) is 0 Å². The molecule has 3 amide bonds. The lowest BCUT2D eigenvalue weighted by molar-refractivity contribution is -0.136. The molecule has 2 aliphatic rings. The SMILES string of the molecule is COCC(=O)N1CCC(NC(=O)c2cc3cc(Cl)ccc3[nH]2)C(NC(=O)c2nc3c(s2)CN(C)CC3)C1.Cl. The van der Waals surface area contributed by atoms with Crippen LogP contribution >= 0.6 is 35.3 Å². The lowest BCUT2D eigenvalue weighted by Gasteiger charge is -2.39. The first-order valence-corrected chi connectivity index (χ1v) is 13.3. The predicted octanol–water partition coefficient (Wildman–Crippen LogP) is 2.46. The van der Waals surface area contributed by atoms with Crippen molar-refractivity contribution in [2.75, 3.05) is 40.4 Å². The number of piperidine rings is 1. The second kappa shape index (κ2) is 12.0. The Labute approximate surface area is 235 Å². The molecular weight excluding hydrogens is 551 g/mol. The molecule has 1 fully saturated rings. The van der Waals surface area contributed by atoms with Gasteiger partial charge in [-0.15, -0.1) is 23.7 Å². The Balaban J connectivity index is 0.00000336. The fraction of sp³-hybridized carbons (Fsp3) is 0.440. The number of hydrogen-bond donors (Lipinski definition) is 3. The van der Waals surface area contributed by atoms with Crippen molar-refractivity contribution in [3.05, 3.63) is 50.6 Å². The van der Waals surface area contributed by atoms with E-state index < -0.39 is 6.04 Å². The molecule has 0 bridgehead atoms. The highest BCUT2D eigenvalue weighted by Crippen LogP contribution is 2.25. The van der Waals surface area contributed by atoms with E-state index in [1.54, 1.807) is 23.1 Å². The highest BCUT2D eigenvalue weighted by Gasteiger charge is 2.35. The molecule has 2 aliphatic heterocycles. The molecule has 1 aromatic carbocycles. The molecule has 3 aromatic rings. The van der Waals surface area contributed by atoms with E-state index in [-0.39, 0.29) is 49.3 Å². The van der Waals surface area contributed by atoms with E-state index in [9.17, 15) is 14.4 Å². The highest BCUT2D eigenvalue weighted by atomic mass is 35.5. The maximum atomic E-state index is 13.2. The molecule has 1 saturated heterocycles. The van der Waals surface area contributed by atoms with Crippen LogP contribution in [-0.2, 0) is 22.5 Å². The number of aromatic amines is 1. The van der Waals surface area contributed by atoms with Gasteiger partial charge in [-0.2, -0.15) is 0 Å². The minimum atomic E-state index is -0.492. The van der Waals surface area contributed by atoms with Gasteiger partial charge < -0.3 is 30.2 Å². The molecule has 10 nitrogen and oxygen atoms in total. The number of ether oxygens (including phenoxy) is 1. The van der Waals surface area contributed by atoms with Crippen molar-refractivity contribution in [2.24, 2.45) is 0 Å². The number of benzene rings is 1. The molecule has 13 heteroatoms. The molecule has 5 rings (SSSR count). The molecule has 2 unspecified atom stereocenters. The van der Waals surface area contributed by atoms with Crippen LogP contribution in [0.5, 0.6) is 0 Å². The lowest BCUT2D eigenvalue weighted by atomic mass is 9.98. The average molecular weight is 582 g/mol. The number of rotatable bonds is 6. The maximum Gasteiger partial charge on any atom is 0.280 e. The quantitative estimate of drug-likeness (QED) is 0.412. The number of likely N-dealkylation sites (tertiary alicyclic amines) is 1. The number of hydrogen-bond acceptors (Lipinski definition) is 7. The molecule has 2 atom stereocenters. The Bertz CT molecular complexity index is 1340. The number of likely N-dealkylation sites (N-methyl/N-ethyl adjacent to an activating group) is 1. The first-order chi connectivity index (χ1) is 17.8. The first kappa shape index (κ1) is 28.3. The van der Waals surface area contributed by atoms with E-state index in [0.717, 1.165) is 41.0 Å². The number of thiazole rings is 1.